The van der Waals surface area contributed by atoms with Gasteiger partial charge >= 0.3 is 0 Å². The van der Waals surface area contributed by atoms with Gasteiger partial charge in [0, 0.05) is 25.4 Å². The zero-order valence-electron chi connectivity index (χ0n) is 11.7. The van der Waals surface area contributed by atoms with Crippen LogP contribution in [0.4, 0.5) is 0 Å². The highest BCUT2D eigenvalue weighted by Gasteiger charge is 2.27. The monoisotopic (exact) mass is 250 g/mol. The van der Waals surface area contributed by atoms with Crippen molar-refractivity contribution in [1.29, 1.82) is 0 Å². The highest BCUT2D eigenvalue weighted by atomic mass is 16.3. The van der Waals surface area contributed by atoms with Gasteiger partial charge in [-0.3, -0.25) is 0 Å². The van der Waals surface area contributed by atoms with Gasteiger partial charge in [0.1, 0.15) is 5.82 Å². The van der Waals surface area contributed by atoms with Gasteiger partial charge in [0.15, 0.2) is 0 Å². The Labute approximate surface area is 110 Å². The van der Waals surface area contributed by atoms with Crippen molar-refractivity contribution in [2.45, 2.75) is 65.0 Å². The van der Waals surface area contributed by atoms with Crippen molar-refractivity contribution in [1.82, 2.24) is 9.55 Å². The molecule has 1 heterocycles. The molecule has 1 aliphatic carbocycles. The summed E-state index contributed by atoms with van der Waals surface area (Å²) in [4.78, 5) is 4.36. The molecule has 2 rings (SSSR count). The lowest BCUT2D eigenvalue weighted by molar-refractivity contribution is 0.0663. The third kappa shape index (κ3) is 3.14. The first kappa shape index (κ1) is 13.6. The number of aliphatic hydroxyl groups is 1. The van der Waals surface area contributed by atoms with Crippen LogP contribution in [0.2, 0.25) is 0 Å². The van der Waals surface area contributed by atoms with Crippen molar-refractivity contribution in [3.8, 4) is 0 Å². The lowest BCUT2D eigenvalue weighted by atomic mass is 9.77. The van der Waals surface area contributed by atoms with Crippen molar-refractivity contribution in [3.05, 3.63) is 18.2 Å². The van der Waals surface area contributed by atoms with E-state index in [9.17, 15) is 5.11 Å². The second-order valence-corrected chi connectivity index (χ2v) is 5.60. The third-order valence-corrected chi connectivity index (χ3v) is 4.48. The second kappa shape index (κ2) is 6.37. The highest BCUT2D eigenvalue weighted by Crippen LogP contribution is 2.33. The summed E-state index contributed by atoms with van der Waals surface area (Å²) in [7, 11) is 0. The molecule has 18 heavy (non-hydrogen) atoms. The number of rotatable bonds is 5. The van der Waals surface area contributed by atoms with Crippen LogP contribution in [-0.4, -0.2) is 20.8 Å². The van der Waals surface area contributed by atoms with Gasteiger partial charge in [0.2, 0.25) is 0 Å². The molecule has 1 fully saturated rings. The number of aliphatic hydroxyl groups excluding tert-OH is 1. The van der Waals surface area contributed by atoms with Gasteiger partial charge in [0.25, 0.3) is 0 Å². The maximum Gasteiger partial charge on any atom is 0.111 e. The predicted octanol–water partition coefficient (Wildman–Crippen LogP) is 3.02. The van der Waals surface area contributed by atoms with E-state index in [2.05, 4.69) is 23.4 Å². The van der Waals surface area contributed by atoms with Gasteiger partial charge in [-0.25, -0.2) is 4.98 Å². The zero-order valence-corrected chi connectivity index (χ0v) is 11.7. The minimum absolute atomic E-state index is 0.216. The Kier molecular flexibility index (Phi) is 4.81. The largest absolute Gasteiger partial charge is 0.392 e. The standard InChI is InChI=1S/C15H26N2O/c1-3-12-6-5-7-13(10-12)14(18)11-15-16-8-9-17(15)4-2/h8-9,12-14,18H,3-7,10-11H2,1-2H3. The molecule has 3 nitrogen and oxygen atoms in total. The van der Waals surface area contributed by atoms with E-state index in [-0.39, 0.29) is 6.10 Å². The minimum atomic E-state index is -0.216. The molecule has 3 heteroatoms. The molecule has 3 atom stereocenters. The molecular formula is C15H26N2O. The molecule has 3 unspecified atom stereocenters. The first-order valence-electron chi connectivity index (χ1n) is 7.42. The van der Waals surface area contributed by atoms with Gasteiger partial charge in [-0.05, 0) is 31.6 Å². The fraction of sp³-hybridized carbons (Fsp3) is 0.800. The van der Waals surface area contributed by atoms with E-state index in [1.54, 1.807) is 0 Å². The number of imidazole rings is 1. The molecule has 1 saturated carbocycles. The molecule has 1 N–H and O–H groups in total. The van der Waals surface area contributed by atoms with Crippen LogP contribution in [-0.2, 0) is 13.0 Å². The van der Waals surface area contributed by atoms with Crippen LogP contribution in [0.1, 0.15) is 51.8 Å². The molecule has 0 spiro atoms. The smallest absolute Gasteiger partial charge is 0.111 e. The lowest BCUT2D eigenvalue weighted by Gasteiger charge is -2.31. The van der Waals surface area contributed by atoms with Crippen LogP contribution >= 0.6 is 0 Å². The molecule has 0 radical (unpaired) electrons. The topological polar surface area (TPSA) is 38.1 Å². The van der Waals surface area contributed by atoms with E-state index in [1.807, 2.05) is 12.4 Å². The Balaban J connectivity index is 1.93. The Morgan fingerprint density at radius 3 is 3.00 bits per heavy atom. The maximum atomic E-state index is 10.4. The van der Waals surface area contributed by atoms with Crippen LogP contribution in [0.25, 0.3) is 0 Å². The van der Waals surface area contributed by atoms with Crippen LogP contribution in [0.15, 0.2) is 12.4 Å². The molecule has 0 saturated heterocycles. The van der Waals surface area contributed by atoms with E-state index < -0.39 is 0 Å². The summed E-state index contributed by atoms with van der Waals surface area (Å²) in [5.41, 5.74) is 0. The van der Waals surface area contributed by atoms with Gasteiger partial charge in [0.05, 0.1) is 6.10 Å². The molecule has 0 aliphatic heterocycles. The molecule has 0 bridgehead atoms. The quantitative estimate of drug-likeness (QED) is 0.872. The van der Waals surface area contributed by atoms with Crippen LogP contribution in [0, 0.1) is 11.8 Å². The third-order valence-electron chi connectivity index (χ3n) is 4.48. The average molecular weight is 250 g/mol. The first-order valence-corrected chi connectivity index (χ1v) is 7.42. The van der Waals surface area contributed by atoms with Crippen LogP contribution in [0.5, 0.6) is 0 Å². The summed E-state index contributed by atoms with van der Waals surface area (Å²) < 4.78 is 2.13. The van der Waals surface area contributed by atoms with E-state index in [1.165, 1.54) is 32.1 Å². The SMILES string of the molecule is CCC1CCCC(C(O)Cc2nccn2CC)C1. The normalized spacial score (nSPS) is 26.2. The van der Waals surface area contributed by atoms with Gasteiger partial charge in [-0.1, -0.05) is 26.2 Å². The molecule has 0 aromatic carbocycles. The fourth-order valence-corrected chi connectivity index (χ4v) is 3.22. The minimum Gasteiger partial charge on any atom is -0.392 e. The van der Waals surface area contributed by atoms with Crippen molar-refractivity contribution in [2.75, 3.05) is 0 Å². The molecule has 0 amide bonds. The number of hydrogen-bond acceptors (Lipinski definition) is 2. The second-order valence-electron chi connectivity index (χ2n) is 5.60. The Morgan fingerprint density at radius 1 is 1.44 bits per heavy atom. The van der Waals surface area contributed by atoms with Gasteiger partial charge < -0.3 is 9.67 Å². The number of aromatic nitrogens is 2. The van der Waals surface area contributed by atoms with E-state index in [0.717, 1.165) is 18.3 Å². The summed E-state index contributed by atoms with van der Waals surface area (Å²) in [6.07, 6.45) is 10.6. The zero-order chi connectivity index (χ0) is 13.0. The summed E-state index contributed by atoms with van der Waals surface area (Å²) in [6.45, 7) is 5.32. The summed E-state index contributed by atoms with van der Waals surface area (Å²) >= 11 is 0. The van der Waals surface area contributed by atoms with Gasteiger partial charge in [-0.15, -0.1) is 0 Å². The molecule has 1 aromatic heterocycles. The Bertz CT molecular complexity index is 361. The first-order chi connectivity index (χ1) is 8.74. The fourth-order valence-electron chi connectivity index (χ4n) is 3.22. The summed E-state index contributed by atoms with van der Waals surface area (Å²) in [5.74, 6) is 2.33. The van der Waals surface area contributed by atoms with Crippen LogP contribution in [0.3, 0.4) is 0 Å². The van der Waals surface area contributed by atoms with E-state index in [0.29, 0.717) is 12.3 Å². The van der Waals surface area contributed by atoms with Crippen LogP contribution < -0.4 is 0 Å². The number of aryl methyl sites for hydroxylation is 1. The molecular weight excluding hydrogens is 224 g/mol. The van der Waals surface area contributed by atoms with Gasteiger partial charge in [-0.2, -0.15) is 0 Å². The highest BCUT2D eigenvalue weighted by molar-refractivity contribution is 4.95. The maximum absolute atomic E-state index is 10.4. The lowest BCUT2D eigenvalue weighted by Crippen LogP contribution is -2.29. The summed E-state index contributed by atoms with van der Waals surface area (Å²) in [6, 6.07) is 0. The average Bonchev–Trinajstić information content (AvgIpc) is 2.86. The molecule has 1 aromatic rings. The van der Waals surface area contributed by atoms with Crippen molar-refractivity contribution in [3.63, 3.8) is 0 Å². The predicted molar refractivity (Wildman–Crippen MR) is 73.4 cm³/mol. The molecule has 102 valence electrons. The van der Waals surface area contributed by atoms with E-state index in [4.69, 9.17) is 0 Å². The molecule has 1 aliphatic rings. The van der Waals surface area contributed by atoms with Crippen molar-refractivity contribution in [2.24, 2.45) is 11.8 Å². The Morgan fingerprint density at radius 2 is 2.28 bits per heavy atom. The van der Waals surface area contributed by atoms with E-state index >= 15 is 0 Å². The number of hydrogen-bond donors (Lipinski definition) is 1. The van der Waals surface area contributed by atoms with Crippen molar-refractivity contribution < 1.29 is 5.11 Å². The Hall–Kier alpha value is -0.830. The summed E-state index contributed by atoms with van der Waals surface area (Å²) in [5, 5.41) is 10.4. The number of nitrogens with zero attached hydrogens (tertiary/aromatic N) is 2. The van der Waals surface area contributed by atoms with Crippen molar-refractivity contribution >= 4 is 0 Å².